The summed E-state index contributed by atoms with van der Waals surface area (Å²) in [5, 5.41) is 2.80. The highest BCUT2D eigenvalue weighted by molar-refractivity contribution is 14.1. The zero-order valence-electron chi connectivity index (χ0n) is 21.5. The van der Waals surface area contributed by atoms with Gasteiger partial charge in [0.05, 0.1) is 31.9 Å². The summed E-state index contributed by atoms with van der Waals surface area (Å²) in [5.41, 5.74) is 0.497. The van der Waals surface area contributed by atoms with Gasteiger partial charge in [0.1, 0.15) is 6.04 Å². The van der Waals surface area contributed by atoms with E-state index in [2.05, 4.69) is 27.9 Å². The first kappa shape index (κ1) is 29.6. The molecule has 1 fully saturated rings. The number of methoxy groups -OCH3 is 2. The lowest BCUT2D eigenvalue weighted by Crippen LogP contribution is -2.39. The van der Waals surface area contributed by atoms with E-state index in [1.165, 1.54) is 26.4 Å². The van der Waals surface area contributed by atoms with E-state index in [-0.39, 0.29) is 23.8 Å². The Morgan fingerprint density at radius 1 is 1.02 bits per heavy atom. The van der Waals surface area contributed by atoms with Gasteiger partial charge in [-0.25, -0.2) is 0 Å². The highest BCUT2D eigenvalue weighted by atomic mass is 127. The number of halogens is 4. The number of thiocarbonyl (C=S) groups is 1. The number of hydrogen-bond acceptors (Lipinski definition) is 5. The number of ether oxygens (including phenoxy) is 2. The molecule has 1 aliphatic rings. The van der Waals surface area contributed by atoms with Crippen LogP contribution in [0.5, 0.6) is 11.5 Å². The smallest absolute Gasteiger partial charge is 0.416 e. The third-order valence-corrected chi connectivity index (χ3v) is 7.48. The second-order valence-corrected chi connectivity index (χ2v) is 10.5. The van der Waals surface area contributed by atoms with Crippen molar-refractivity contribution in [2.45, 2.75) is 25.1 Å². The molecule has 0 aromatic heterocycles. The first-order valence-electron chi connectivity index (χ1n) is 12.1. The summed E-state index contributed by atoms with van der Waals surface area (Å²) in [7, 11) is 3.05. The van der Waals surface area contributed by atoms with E-state index in [4.69, 9.17) is 21.7 Å². The molecular weight excluding hydrogens is 658 g/mol. The SMILES string of the molecule is COc1ccc(CCN2C(=S)N(c3cccc(C(F)(F)F)c3)C(=O)C2CC(=O)Nc2ccc(I)cc2)cc1OC. The maximum absolute atomic E-state index is 13.6. The number of hydrogen-bond donors (Lipinski definition) is 1. The number of benzene rings is 3. The number of carbonyl (C=O) groups is 2. The molecule has 1 heterocycles. The van der Waals surface area contributed by atoms with Crippen molar-refractivity contribution in [3.05, 3.63) is 81.4 Å². The number of anilines is 2. The standard InChI is InChI=1S/C28H25F3IN3O4S/c1-38-23-11-6-17(14-24(23)39-2)12-13-34-22(16-25(36)33-20-9-7-19(32)8-10-20)26(37)35(27(34)40)21-5-3-4-18(15-21)28(29,30)31/h3-11,14-15,22H,12-13,16H2,1-2H3,(H,33,36). The Labute approximate surface area is 248 Å². The summed E-state index contributed by atoms with van der Waals surface area (Å²) in [4.78, 5) is 29.2. The molecule has 0 spiro atoms. The summed E-state index contributed by atoms with van der Waals surface area (Å²) in [6.45, 7) is 0.233. The fourth-order valence-electron chi connectivity index (χ4n) is 4.35. The van der Waals surface area contributed by atoms with Crippen molar-refractivity contribution in [3.8, 4) is 11.5 Å². The fourth-order valence-corrected chi connectivity index (χ4v) is 5.13. The van der Waals surface area contributed by atoms with Crippen molar-refractivity contribution in [1.29, 1.82) is 0 Å². The van der Waals surface area contributed by atoms with E-state index in [1.54, 1.807) is 29.2 Å². The average molecular weight is 683 g/mol. The second-order valence-electron chi connectivity index (χ2n) is 8.91. The average Bonchev–Trinajstić information content (AvgIpc) is 3.16. The van der Waals surface area contributed by atoms with Crippen LogP contribution in [-0.2, 0) is 22.2 Å². The Morgan fingerprint density at radius 3 is 2.38 bits per heavy atom. The normalized spacial score (nSPS) is 15.4. The van der Waals surface area contributed by atoms with Crippen molar-refractivity contribution in [2.75, 3.05) is 31.0 Å². The van der Waals surface area contributed by atoms with Crippen molar-refractivity contribution in [2.24, 2.45) is 0 Å². The van der Waals surface area contributed by atoms with E-state index < -0.39 is 29.6 Å². The van der Waals surface area contributed by atoms with Gasteiger partial charge in [-0.15, -0.1) is 0 Å². The van der Waals surface area contributed by atoms with Crippen LogP contribution in [0, 0.1) is 3.57 Å². The van der Waals surface area contributed by atoms with E-state index in [0.717, 1.165) is 26.2 Å². The highest BCUT2D eigenvalue weighted by Crippen LogP contribution is 2.34. The van der Waals surface area contributed by atoms with Crippen LogP contribution in [0.2, 0.25) is 0 Å². The van der Waals surface area contributed by atoms with Crippen molar-refractivity contribution < 1.29 is 32.2 Å². The minimum Gasteiger partial charge on any atom is -0.493 e. The molecule has 0 saturated carbocycles. The van der Waals surface area contributed by atoms with Gasteiger partial charge in [0.2, 0.25) is 5.91 Å². The molecule has 1 aliphatic heterocycles. The number of nitrogens with one attached hydrogen (secondary N) is 1. The highest BCUT2D eigenvalue weighted by Gasteiger charge is 2.44. The Kier molecular flexibility index (Phi) is 9.19. The molecule has 0 bridgehead atoms. The van der Waals surface area contributed by atoms with Crippen molar-refractivity contribution >= 4 is 63.1 Å². The largest absolute Gasteiger partial charge is 0.493 e. The summed E-state index contributed by atoms with van der Waals surface area (Å²) < 4.78 is 51.9. The minimum atomic E-state index is -4.60. The molecule has 3 aromatic carbocycles. The molecule has 1 atom stereocenters. The predicted octanol–water partition coefficient (Wildman–Crippen LogP) is 5.90. The number of amides is 2. The Hall–Kier alpha value is -3.39. The van der Waals surface area contributed by atoms with Crippen LogP contribution in [0.25, 0.3) is 0 Å². The molecule has 3 aromatic rings. The molecule has 1 unspecified atom stereocenters. The van der Waals surface area contributed by atoms with Crippen LogP contribution >= 0.6 is 34.8 Å². The van der Waals surface area contributed by atoms with Gasteiger partial charge in [0, 0.05) is 15.8 Å². The summed E-state index contributed by atoms with van der Waals surface area (Å²) in [5.74, 6) is 0.0804. The van der Waals surface area contributed by atoms with Crippen LogP contribution in [-0.4, -0.2) is 48.6 Å². The number of rotatable bonds is 9. The van der Waals surface area contributed by atoms with Crippen LogP contribution < -0.4 is 19.7 Å². The van der Waals surface area contributed by atoms with E-state index in [0.29, 0.717) is 23.6 Å². The molecule has 1 saturated heterocycles. The first-order chi connectivity index (χ1) is 19.0. The number of nitrogens with zero attached hydrogens (tertiary/aromatic N) is 2. The molecular formula is C28H25F3IN3O4S. The first-order valence-corrected chi connectivity index (χ1v) is 13.6. The summed E-state index contributed by atoms with van der Waals surface area (Å²) in [6, 6.07) is 15.9. The Morgan fingerprint density at radius 2 is 1.73 bits per heavy atom. The monoisotopic (exact) mass is 683 g/mol. The topological polar surface area (TPSA) is 71.1 Å². The molecule has 210 valence electrons. The van der Waals surface area contributed by atoms with Crippen molar-refractivity contribution in [3.63, 3.8) is 0 Å². The lowest BCUT2D eigenvalue weighted by molar-refractivity contribution is -0.137. The molecule has 1 N–H and O–H groups in total. The van der Waals surface area contributed by atoms with Gasteiger partial charge >= 0.3 is 6.18 Å². The quantitative estimate of drug-likeness (QED) is 0.224. The molecule has 4 rings (SSSR count). The maximum atomic E-state index is 13.6. The molecule has 12 heteroatoms. The predicted molar refractivity (Wildman–Crippen MR) is 158 cm³/mol. The van der Waals surface area contributed by atoms with E-state index in [1.807, 2.05) is 18.2 Å². The van der Waals surface area contributed by atoms with E-state index in [9.17, 15) is 22.8 Å². The molecule has 2 amide bonds. The molecule has 40 heavy (non-hydrogen) atoms. The van der Waals surface area contributed by atoms with Gasteiger partial charge in [-0.1, -0.05) is 12.1 Å². The lowest BCUT2D eigenvalue weighted by atomic mass is 10.1. The summed E-state index contributed by atoms with van der Waals surface area (Å²) >= 11 is 7.75. The van der Waals surface area contributed by atoms with Gasteiger partial charge in [-0.3, -0.25) is 14.5 Å². The maximum Gasteiger partial charge on any atom is 0.416 e. The van der Waals surface area contributed by atoms with Gasteiger partial charge in [0.15, 0.2) is 16.6 Å². The fraction of sp³-hybridized carbons (Fsp3) is 0.250. The van der Waals surface area contributed by atoms with Crippen molar-refractivity contribution in [1.82, 2.24) is 4.90 Å². The number of carbonyl (C=O) groups excluding carboxylic acids is 2. The van der Waals surface area contributed by atoms with Crippen LogP contribution in [0.4, 0.5) is 24.5 Å². The van der Waals surface area contributed by atoms with Gasteiger partial charge in [-0.2, -0.15) is 13.2 Å². The zero-order valence-corrected chi connectivity index (χ0v) is 24.5. The minimum absolute atomic E-state index is 0.0125. The molecule has 0 aliphatic carbocycles. The van der Waals surface area contributed by atoms with Gasteiger partial charge < -0.3 is 19.7 Å². The third kappa shape index (κ3) is 6.66. The van der Waals surface area contributed by atoms with E-state index >= 15 is 0 Å². The Balaban J connectivity index is 1.61. The van der Waals surface area contributed by atoms with Crippen LogP contribution in [0.15, 0.2) is 66.7 Å². The Bertz CT molecular complexity index is 1420. The van der Waals surface area contributed by atoms with Gasteiger partial charge in [0.25, 0.3) is 5.91 Å². The van der Waals surface area contributed by atoms with Gasteiger partial charge in [-0.05, 0) is 101 Å². The second kappa shape index (κ2) is 12.4. The summed E-state index contributed by atoms with van der Waals surface area (Å²) in [6.07, 6.45) is -4.42. The lowest BCUT2D eigenvalue weighted by Gasteiger charge is -2.24. The van der Waals surface area contributed by atoms with Crippen LogP contribution in [0.1, 0.15) is 17.5 Å². The molecule has 0 radical (unpaired) electrons. The van der Waals surface area contributed by atoms with Crippen LogP contribution in [0.3, 0.4) is 0 Å². The molecule has 7 nitrogen and oxygen atoms in total. The third-order valence-electron chi connectivity index (χ3n) is 6.35. The zero-order chi connectivity index (χ0) is 29.0. The number of alkyl halides is 3.